The van der Waals surface area contributed by atoms with Crippen LogP contribution in [0.4, 0.5) is 5.82 Å². The molecule has 31 heavy (non-hydrogen) atoms. The number of carboxylic acid groups (broad SMARTS) is 1. The van der Waals surface area contributed by atoms with Crippen molar-refractivity contribution in [1.82, 2.24) is 9.97 Å². The molecule has 7 heteroatoms. The quantitative estimate of drug-likeness (QED) is 0.378. The molecule has 0 spiro atoms. The van der Waals surface area contributed by atoms with Crippen molar-refractivity contribution >= 4 is 33.3 Å². The molecule has 158 valence electrons. The number of aromatic hydroxyl groups is 1. The topological polar surface area (TPSA) is 95.3 Å². The van der Waals surface area contributed by atoms with Gasteiger partial charge in [0, 0.05) is 16.9 Å². The van der Waals surface area contributed by atoms with E-state index in [2.05, 4.69) is 22.2 Å². The highest BCUT2D eigenvalue weighted by molar-refractivity contribution is 7.19. The lowest BCUT2D eigenvalue weighted by Crippen LogP contribution is -2.32. The Bertz CT molecular complexity index is 1240. The number of thiophene rings is 1. The van der Waals surface area contributed by atoms with Crippen LogP contribution < -0.4 is 5.32 Å². The van der Waals surface area contributed by atoms with Gasteiger partial charge in [-0.3, -0.25) is 0 Å². The molecule has 3 N–H and O–H groups in total. The molecule has 1 unspecified atom stereocenters. The second-order valence-electron chi connectivity index (χ2n) is 7.33. The third kappa shape index (κ3) is 4.09. The lowest BCUT2D eigenvalue weighted by Gasteiger charge is -2.17. The first-order valence-electron chi connectivity index (χ1n) is 10.1. The second-order valence-corrected chi connectivity index (χ2v) is 8.41. The molecule has 0 radical (unpaired) electrons. The van der Waals surface area contributed by atoms with Crippen LogP contribution in [0.2, 0.25) is 0 Å². The molecule has 0 amide bonds. The minimum atomic E-state index is -0.948. The summed E-state index contributed by atoms with van der Waals surface area (Å²) in [6.07, 6.45) is 2.57. The maximum absolute atomic E-state index is 12.0. The smallest absolute Gasteiger partial charge is 0.326 e. The van der Waals surface area contributed by atoms with Gasteiger partial charge in [-0.05, 0) is 36.1 Å². The first kappa shape index (κ1) is 20.8. The van der Waals surface area contributed by atoms with Crippen LogP contribution in [-0.4, -0.2) is 32.2 Å². The van der Waals surface area contributed by atoms with Gasteiger partial charge in [0.2, 0.25) is 0 Å². The van der Waals surface area contributed by atoms with Crippen LogP contribution in [0.15, 0.2) is 54.9 Å². The third-order valence-electron chi connectivity index (χ3n) is 5.35. The Morgan fingerprint density at radius 1 is 1.13 bits per heavy atom. The zero-order chi connectivity index (χ0) is 22.0. The Balaban J connectivity index is 1.84. The zero-order valence-corrected chi connectivity index (χ0v) is 18.1. The van der Waals surface area contributed by atoms with E-state index < -0.39 is 12.0 Å². The summed E-state index contributed by atoms with van der Waals surface area (Å²) in [6.45, 7) is 3.95. The van der Waals surface area contributed by atoms with Gasteiger partial charge < -0.3 is 15.5 Å². The van der Waals surface area contributed by atoms with Crippen molar-refractivity contribution in [1.29, 1.82) is 0 Å². The van der Waals surface area contributed by atoms with E-state index in [-0.39, 0.29) is 5.75 Å². The number of fused-ring (bicyclic) bond motifs is 1. The largest absolute Gasteiger partial charge is 0.508 e. The number of nitrogens with one attached hydrogen (secondary N) is 1. The van der Waals surface area contributed by atoms with Gasteiger partial charge in [-0.15, -0.1) is 11.3 Å². The summed E-state index contributed by atoms with van der Waals surface area (Å²) in [5, 5.41) is 24.0. The van der Waals surface area contributed by atoms with Crippen molar-refractivity contribution in [3.63, 3.8) is 0 Å². The second kappa shape index (κ2) is 8.73. The Kier molecular flexibility index (Phi) is 5.86. The standard InChI is InChI=1S/C24H23N3O3S/c1-3-19-20(16-10-7-11-18(28)14(16)2)21-22(25-13-26-23(21)31-19)27-17(24(29)30)12-15-8-5-4-6-9-15/h4-11,13,17,28H,3,12H2,1-2H3,(H,29,30)(H,25,26,27). The summed E-state index contributed by atoms with van der Waals surface area (Å²) in [5.41, 5.74) is 3.54. The number of nitrogens with zero attached hydrogens (tertiary/aromatic N) is 2. The maximum atomic E-state index is 12.0. The number of carbonyl (C=O) groups is 1. The van der Waals surface area contributed by atoms with Gasteiger partial charge in [0.05, 0.1) is 5.39 Å². The van der Waals surface area contributed by atoms with Crippen LogP contribution in [0.25, 0.3) is 21.3 Å². The van der Waals surface area contributed by atoms with Crippen LogP contribution in [-0.2, 0) is 17.6 Å². The van der Waals surface area contributed by atoms with Gasteiger partial charge in [-0.2, -0.15) is 0 Å². The summed E-state index contributed by atoms with van der Waals surface area (Å²) >= 11 is 1.57. The van der Waals surface area contributed by atoms with E-state index in [0.29, 0.717) is 12.2 Å². The first-order chi connectivity index (χ1) is 15.0. The number of hydrogen-bond acceptors (Lipinski definition) is 6. The normalized spacial score (nSPS) is 12.1. The number of hydrogen-bond donors (Lipinski definition) is 3. The number of aliphatic carboxylic acids is 1. The van der Waals surface area contributed by atoms with Crippen molar-refractivity contribution in [2.24, 2.45) is 0 Å². The van der Waals surface area contributed by atoms with Gasteiger partial charge in [0.1, 0.15) is 28.8 Å². The molecule has 0 fully saturated rings. The van der Waals surface area contributed by atoms with Gasteiger partial charge >= 0.3 is 5.97 Å². The van der Waals surface area contributed by atoms with Gasteiger partial charge in [0.15, 0.2) is 0 Å². The highest BCUT2D eigenvalue weighted by Crippen LogP contribution is 2.43. The van der Waals surface area contributed by atoms with Crippen LogP contribution in [0, 0.1) is 6.92 Å². The van der Waals surface area contributed by atoms with E-state index in [1.165, 1.54) is 6.33 Å². The third-order valence-corrected chi connectivity index (χ3v) is 6.59. The van der Waals surface area contributed by atoms with Crippen LogP contribution in [0.3, 0.4) is 0 Å². The number of rotatable bonds is 7. The highest BCUT2D eigenvalue weighted by atomic mass is 32.1. The molecule has 0 saturated carbocycles. The first-order valence-corrected chi connectivity index (χ1v) is 10.9. The number of aromatic nitrogens is 2. The number of aryl methyl sites for hydroxylation is 1. The summed E-state index contributed by atoms with van der Waals surface area (Å²) in [6, 6.07) is 14.1. The summed E-state index contributed by atoms with van der Waals surface area (Å²) in [7, 11) is 0. The molecule has 6 nitrogen and oxygen atoms in total. The summed E-state index contributed by atoms with van der Waals surface area (Å²) < 4.78 is 0. The fraction of sp³-hybridized carbons (Fsp3) is 0.208. The van der Waals surface area contributed by atoms with Crippen molar-refractivity contribution in [2.75, 3.05) is 5.32 Å². The molecule has 0 aliphatic rings. The molecular weight excluding hydrogens is 410 g/mol. The van der Waals surface area contributed by atoms with Crippen LogP contribution >= 0.6 is 11.3 Å². The lowest BCUT2D eigenvalue weighted by molar-refractivity contribution is -0.137. The maximum Gasteiger partial charge on any atom is 0.326 e. The average Bonchev–Trinajstić information content (AvgIpc) is 3.15. The number of benzene rings is 2. The Labute approximate surface area is 184 Å². The minimum absolute atomic E-state index is 0.220. The fourth-order valence-corrected chi connectivity index (χ4v) is 4.82. The van der Waals surface area contributed by atoms with Crippen molar-refractivity contribution in [2.45, 2.75) is 32.7 Å². The molecule has 0 aliphatic heterocycles. The molecule has 2 heterocycles. The number of phenols is 1. The Hall–Kier alpha value is -3.45. The van der Waals surface area contributed by atoms with Crippen molar-refractivity contribution < 1.29 is 15.0 Å². The Morgan fingerprint density at radius 2 is 1.90 bits per heavy atom. The fourth-order valence-electron chi connectivity index (χ4n) is 3.73. The van der Waals surface area contributed by atoms with Crippen LogP contribution in [0.1, 0.15) is 22.9 Å². The van der Waals surface area contributed by atoms with Gasteiger partial charge in [0.25, 0.3) is 0 Å². The van der Waals surface area contributed by atoms with E-state index >= 15 is 0 Å². The van der Waals surface area contributed by atoms with E-state index in [0.717, 1.165) is 43.8 Å². The average molecular weight is 434 g/mol. The molecule has 0 saturated heterocycles. The van der Waals surface area contributed by atoms with Crippen molar-refractivity contribution in [3.05, 3.63) is 70.9 Å². The molecular formula is C24H23N3O3S. The summed E-state index contributed by atoms with van der Waals surface area (Å²) in [4.78, 5) is 22.8. The number of phenolic OH excluding ortho intramolecular Hbond substituents is 1. The zero-order valence-electron chi connectivity index (χ0n) is 17.3. The highest BCUT2D eigenvalue weighted by Gasteiger charge is 2.24. The molecule has 4 rings (SSSR count). The Morgan fingerprint density at radius 3 is 2.61 bits per heavy atom. The van der Waals surface area contributed by atoms with Crippen LogP contribution in [0.5, 0.6) is 5.75 Å². The summed E-state index contributed by atoms with van der Waals surface area (Å²) in [5.74, 6) is -0.239. The molecule has 2 aromatic carbocycles. The molecule has 0 aliphatic carbocycles. The lowest BCUT2D eigenvalue weighted by atomic mass is 9.97. The van der Waals surface area contributed by atoms with E-state index in [9.17, 15) is 15.0 Å². The number of anilines is 1. The van der Waals surface area contributed by atoms with Gasteiger partial charge in [-0.25, -0.2) is 14.8 Å². The van der Waals surface area contributed by atoms with Gasteiger partial charge in [-0.1, -0.05) is 49.4 Å². The molecule has 2 aromatic heterocycles. The van der Waals surface area contributed by atoms with E-state index in [4.69, 9.17) is 0 Å². The predicted molar refractivity (Wildman–Crippen MR) is 124 cm³/mol. The van der Waals surface area contributed by atoms with E-state index in [1.54, 1.807) is 17.4 Å². The monoisotopic (exact) mass is 433 g/mol. The molecule has 0 bridgehead atoms. The SMILES string of the molecule is CCc1sc2ncnc(NC(Cc3ccccc3)C(=O)O)c2c1-c1cccc(O)c1C. The molecule has 4 aromatic rings. The van der Waals surface area contributed by atoms with E-state index in [1.807, 2.05) is 49.4 Å². The predicted octanol–water partition coefficient (Wildman–Crippen LogP) is 5.04. The minimum Gasteiger partial charge on any atom is -0.508 e. The number of carboxylic acids is 1. The van der Waals surface area contributed by atoms with Crippen molar-refractivity contribution in [3.8, 4) is 16.9 Å². The molecule has 1 atom stereocenters.